The summed E-state index contributed by atoms with van der Waals surface area (Å²) in [6, 6.07) is 23.0. The van der Waals surface area contributed by atoms with E-state index >= 15 is 0 Å². The molecule has 9 nitrogen and oxygen atoms in total. The first-order valence-electron chi connectivity index (χ1n) is 11.6. The molecule has 0 aromatic heterocycles. The minimum Gasteiger partial charge on any atom is -0.545 e. The quantitative estimate of drug-likeness (QED) is 0.351. The molecule has 0 heterocycles. The van der Waals surface area contributed by atoms with E-state index in [9.17, 15) is 28.2 Å². The van der Waals surface area contributed by atoms with Crippen molar-refractivity contribution in [1.82, 2.24) is 0 Å². The maximum atomic E-state index is 10.7. The molecule has 3 aromatic carbocycles. The third-order valence-corrected chi connectivity index (χ3v) is 5.51. The molecule has 0 unspecified atom stereocenters. The van der Waals surface area contributed by atoms with E-state index in [1.165, 1.54) is 11.1 Å². The molecule has 0 aliphatic carbocycles. The van der Waals surface area contributed by atoms with Crippen molar-refractivity contribution in [3.05, 3.63) is 101 Å². The van der Waals surface area contributed by atoms with Crippen LogP contribution >= 0.6 is 0 Å². The van der Waals surface area contributed by atoms with Crippen LogP contribution in [0.15, 0.2) is 83.8 Å². The van der Waals surface area contributed by atoms with Gasteiger partial charge in [0, 0.05) is 11.1 Å². The van der Waals surface area contributed by atoms with Crippen LogP contribution in [0.1, 0.15) is 31.8 Å². The van der Waals surface area contributed by atoms with E-state index in [2.05, 4.69) is 103 Å². The van der Waals surface area contributed by atoms with Crippen molar-refractivity contribution >= 4 is 22.1 Å². The summed E-state index contributed by atoms with van der Waals surface area (Å²) in [5, 5.41) is 20.9. The number of carboxylic acids is 2. The van der Waals surface area contributed by atoms with Crippen molar-refractivity contribution in [3.8, 4) is 0 Å². The fourth-order valence-corrected chi connectivity index (χ4v) is 3.80. The van der Waals surface area contributed by atoms with Crippen LogP contribution in [0.4, 0.5) is 0 Å². The lowest BCUT2D eigenvalue weighted by Gasteiger charge is -2.23. The van der Waals surface area contributed by atoms with Gasteiger partial charge in [0.1, 0.15) is 13.1 Å². The van der Waals surface area contributed by atoms with E-state index < -0.39 is 38.1 Å². The summed E-state index contributed by atoms with van der Waals surface area (Å²) < 4.78 is 32.0. The fourth-order valence-electron chi connectivity index (χ4n) is 3.25. The number of rotatable bonds is 7. The molecule has 0 radical (unpaired) electrons. The second-order valence-corrected chi connectivity index (χ2v) is 12.1. The Bertz CT molecular complexity index is 1210. The number of quaternary nitrogens is 2. The van der Waals surface area contributed by atoms with Crippen LogP contribution in [0.3, 0.4) is 0 Å². The second-order valence-electron chi connectivity index (χ2n) is 10.7. The van der Waals surface area contributed by atoms with Crippen LogP contribution in [-0.2, 0) is 23.2 Å². The maximum absolute atomic E-state index is 10.7. The monoisotopic (exact) mass is 544 g/mol. The number of carbonyl (C=O) groups is 2. The van der Waals surface area contributed by atoms with Crippen molar-refractivity contribution in [1.29, 1.82) is 0 Å². The number of hydrogen-bond donors (Lipinski definition) is 1. The Morgan fingerprint density at radius 1 is 0.658 bits per heavy atom. The van der Waals surface area contributed by atoms with Gasteiger partial charge >= 0.3 is 0 Å². The Kier molecular flexibility index (Phi) is 11.8. The van der Waals surface area contributed by atoms with Crippen molar-refractivity contribution in [2.45, 2.75) is 18.0 Å². The molecular formula is C28H36N2O7S. The lowest BCUT2D eigenvalue weighted by molar-refractivity contribution is -0.884. The maximum Gasteiger partial charge on any atom is 0.294 e. The van der Waals surface area contributed by atoms with Gasteiger partial charge in [0.2, 0.25) is 0 Å². The van der Waals surface area contributed by atoms with Gasteiger partial charge in [-0.3, -0.25) is 4.55 Å². The first-order chi connectivity index (χ1) is 17.4. The van der Waals surface area contributed by atoms with Crippen LogP contribution in [0.25, 0.3) is 0 Å². The molecule has 0 bridgehead atoms. The third-order valence-electron chi connectivity index (χ3n) is 4.68. The summed E-state index contributed by atoms with van der Waals surface area (Å²) in [6.07, 6.45) is 0. The van der Waals surface area contributed by atoms with E-state index in [1.54, 1.807) is 0 Å². The van der Waals surface area contributed by atoms with Crippen LogP contribution in [0, 0.1) is 0 Å². The molecule has 0 saturated heterocycles. The van der Waals surface area contributed by atoms with Gasteiger partial charge in [-0.2, -0.15) is 8.42 Å². The third kappa shape index (κ3) is 13.7. The molecule has 0 atom stereocenters. The average molecular weight is 545 g/mol. The van der Waals surface area contributed by atoms with Gasteiger partial charge in [0.25, 0.3) is 10.1 Å². The van der Waals surface area contributed by atoms with Gasteiger partial charge in [0.05, 0.1) is 59.1 Å². The summed E-state index contributed by atoms with van der Waals surface area (Å²) >= 11 is 0. The molecule has 0 aliphatic rings. The Morgan fingerprint density at radius 2 is 0.974 bits per heavy atom. The van der Waals surface area contributed by atoms with E-state index in [0.29, 0.717) is 18.2 Å². The number of benzene rings is 3. The normalized spacial score (nSPS) is 11.3. The summed E-state index contributed by atoms with van der Waals surface area (Å²) in [6.45, 7) is 2.20. The van der Waals surface area contributed by atoms with E-state index in [0.717, 1.165) is 22.1 Å². The van der Waals surface area contributed by atoms with Crippen molar-refractivity contribution in [3.63, 3.8) is 0 Å². The van der Waals surface area contributed by atoms with E-state index in [4.69, 9.17) is 4.55 Å². The summed E-state index contributed by atoms with van der Waals surface area (Å²) in [5.41, 5.74) is 1.43. The second kappa shape index (κ2) is 13.8. The lowest BCUT2D eigenvalue weighted by Crippen LogP contribution is -2.33. The highest BCUT2D eigenvalue weighted by molar-refractivity contribution is 7.85. The lowest BCUT2D eigenvalue weighted by atomic mass is 10.1. The molecule has 0 fully saturated rings. The van der Waals surface area contributed by atoms with Crippen molar-refractivity contribution in [2.75, 3.05) is 42.3 Å². The van der Waals surface area contributed by atoms with E-state index in [1.807, 2.05) is 0 Å². The first-order valence-corrected chi connectivity index (χ1v) is 13.1. The summed E-state index contributed by atoms with van der Waals surface area (Å²) in [4.78, 5) is 20.1. The molecule has 0 saturated carbocycles. The van der Waals surface area contributed by atoms with E-state index in [-0.39, 0.29) is 0 Å². The Labute approximate surface area is 225 Å². The topological polar surface area (TPSA) is 135 Å². The Balaban J connectivity index is 0.000000293. The van der Waals surface area contributed by atoms with Gasteiger partial charge in [-0.15, -0.1) is 0 Å². The standard InChI is InChI=1S/2C10H16N.C8H6O7S/c2*1-11(2,3)9-10-7-5-4-6-8-10;9-7(10)4-1-5(8(11)12)3-6(2-4)16(13,14)15/h2*4-8H,9H2,1-3H3;1-3H,(H,9,10)(H,11,12)(H,13,14,15)/q2*+1;/p-2. The molecule has 38 heavy (non-hydrogen) atoms. The van der Waals surface area contributed by atoms with Crippen LogP contribution in [-0.4, -0.2) is 76.2 Å². The van der Waals surface area contributed by atoms with Gasteiger partial charge < -0.3 is 28.8 Å². The van der Waals surface area contributed by atoms with Gasteiger partial charge in [-0.25, -0.2) is 0 Å². The molecule has 0 spiro atoms. The van der Waals surface area contributed by atoms with Gasteiger partial charge in [-0.1, -0.05) is 60.7 Å². The van der Waals surface area contributed by atoms with Crippen molar-refractivity contribution < 1.29 is 41.7 Å². The van der Waals surface area contributed by atoms with Crippen LogP contribution in [0.2, 0.25) is 0 Å². The number of hydrogen-bond acceptors (Lipinski definition) is 6. The van der Waals surface area contributed by atoms with Crippen LogP contribution < -0.4 is 10.2 Å². The molecular weight excluding hydrogens is 508 g/mol. The average Bonchev–Trinajstić information content (AvgIpc) is 2.78. The highest BCUT2D eigenvalue weighted by Crippen LogP contribution is 2.14. The van der Waals surface area contributed by atoms with Gasteiger partial charge in [-0.05, 0) is 29.3 Å². The molecule has 0 amide bonds. The molecule has 3 rings (SSSR count). The highest BCUT2D eigenvalue weighted by Gasteiger charge is 2.13. The predicted octanol–water partition coefficient (Wildman–Crippen LogP) is 1.45. The zero-order valence-corrected chi connectivity index (χ0v) is 23.4. The molecule has 0 aliphatic heterocycles. The minimum atomic E-state index is -4.70. The Morgan fingerprint density at radius 3 is 1.21 bits per heavy atom. The van der Waals surface area contributed by atoms with Crippen LogP contribution in [0.5, 0.6) is 0 Å². The number of aromatic carboxylic acids is 2. The Hall–Kier alpha value is -3.57. The molecule has 206 valence electrons. The molecule has 10 heteroatoms. The minimum absolute atomic E-state index is 0.580. The molecule has 1 N–H and O–H groups in total. The number of carboxylic acid groups (broad SMARTS) is 2. The largest absolute Gasteiger partial charge is 0.545 e. The SMILES string of the molecule is C[N+](C)(C)Cc1ccccc1.C[N+](C)(C)Cc1ccccc1.O=C([O-])c1cc(C(=O)[O-])cc(S(=O)(=O)O)c1. The van der Waals surface area contributed by atoms with Gasteiger partial charge in [0.15, 0.2) is 0 Å². The predicted molar refractivity (Wildman–Crippen MR) is 141 cm³/mol. The van der Waals surface area contributed by atoms with Crippen molar-refractivity contribution in [2.24, 2.45) is 0 Å². The number of nitrogens with zero attached hydrogens (tertiary/aromatic N) is 2. The summed E-state index contributed by atoms with van der Waals surface area (Å²) in [7, 11) is 8.51. The zero-order valence-electron chi connectivity index (χ0n) is 22.6. The number of carbonyl (C=O) groups excluding carboxylic acids is 2. The summed E-state index contributed by atoms with van der Waals surface area (Å²) in [5.74, 6) is -3.54. The first kappa shape index (κ1) is 32.5. The fraction of sp³-hybridized carbons (Fsp3) is 0.286. The smallest absolute Gasteiger partial charge is 0.294 e. The zero-order chi connectivity index (χ0) is 29.1. The highest BCUT2D eigenvalue weighted by atomic mass is 32.2. The molecule has 3 aromatic rings.